The van der Waals surface area contributed by atoms with Gasteiger partial charge in [-0.1, -0.05) is 176 Å². The van der Waals surface area contributed by atoms with Gasteiger partial charge in [-0.15, -0.1) is 0 Å². The summed E-state index contributed by atoms with van der Waals surface area (Å²) in [5, 5.41) is 24.7. The van der Waals surface area contributed by atoms with Crippen molar-refractivity contribution in [1.82, 2.24) is 64.7 Å². The van der Waals surface area contributed by atoms with Crippen molar-refractivity contribution in [2.45, 2.75) is 325 Å². The van der Waals surface area contributed by atoms with Crippen LogP contribution in [-0.2, 0) is 46.7 Å². The molecular weight excluding hydrogens is 2070 g/mol. The van der Waals surface area contributed by atoms with Crippen molar-refractivity contribution in [1.29, 1.82) is 0 Å². The normalized spacial score (nSPS) is 12.3. The van der Waals surface area contributed by atoms with Crippen molar-refractivity contribution in [2.24, 2.45) is 11.5 Å². The maximum absolute atomic E-state index is 11.8. The number of anilines is 5. The Morgan fingerprint density at radius 1 is 0.462 bits per heavy atom. The van der Waals surface area contributed by atoms with Gasteiger partial charge in [0, 0.05) is 121 Å². The number of nitrogens with two attached hydrogens (primary N) is 3. The van der Waals surface area contributed by atoms with E-state index >= 15 is 0 Å². The van der Waals surface area contributed by atoms with Crippen LogP contribution in [-0.4, -0.2) is 176 Å². The van der Waals surface area contributed by atoms with E-state index in [0.717, 1.165) is 138 Å². The van der Waals surface area contributed by atoms with Gasteiger partial charge in [-0.3, -0.25) is 14.5 Å². The quantitative estimate of drug-likeness (QED) is 0.00354. The van der Waals surface area contributed by atoms with Crippen molar-refractivity contribution in [3.63, 3.8) is 0 Å². The number of rotatable bonds is 46. The van der Waals surface area contributed by atoms with Gasteiger partial charge < -0.3 is 88.2 Å². The van der Waals surface area contributed by atoms with E-state index < -0.39 is 12.5 Å². The molecule has 0 saturated heterocycles. The number of fused-ring (bicyclic) bond motifs is 4. The number of carbonyl (C=O) groups is 6. The average Bonchev–Trinajstić information content (AvgIpc) is 0.785. The minimum absolute atomic E-state index is 0. The molecule has 10 N–H and O–H groups in total. The van der Waals surface area contributed by atoms with E-state index in [1.54, 1.807) is 99.0 Å². The molecule has 145 heavy (non-hydrogen) atoms. The molecular formula is C101H146Cl7F3K2N20O12. The number of nitrogens with zero attached hydrogens (tertiary/aromatic N) is 13. The number of aromatic nitrogens is 12. The minimum atomic E-state index is -4.64. The number of ketones is 4. The van der Waals surface area contributed by atoms with Gasteiger partial charge in [-0.25, -0.2) is 44.9 Å². The molecule has 0 unspecified atom stereocenters. The number of ether oxygens (including phenoxy) is 4. The Labute approximate surface area is 974 Å². The Kier molecular flexibility index (Phi) is 70.2. The molecule has 10 aromatic rings. The number of benzene rings is 2. The molecule has 0 amide bonds. The Morgan fingerprint density at radius 3 is 1.13 bits per heavy atom. The number of unbranched alkanes of at least 4 members (excludes halogenated alkanes) is 8. The number of alkyl halides is 3. The second-order valence-electron chi connectivity index (χ2n) is 35.7. The zero-order valence-electron chi connectivity index (χ0n) is 89.2. The van der Waals surface area contributed by atoms with Crippen LogP contribution in [0.1, 0.15) is 284 Å². The first kappa shape index (κ1) is 138. The number of aldehydes is 1. The Morgan fingerprint density at radius 2 is 0.793 bits per heavy atom. The van der Waals surface area contributed by atoms with Gasteiger partial charge in [0.25, 0.3) is 6.47 Å². The largest absolute Gasteiger partial charge is 1.00 e. The fraction of sp³-hybridized carbons (Fsp3) is 0.545. The molecule has 794 valence electrons. The smallest absolute Gasteiger partial charge is 1.00 e. The number of hydrogen-bond acceptors (Lipinski definition) is 32. The number of hydrogen-bond donors (Lipinski definition) is 7. The van der Waals surface area contributed by atoms with Crippen LogP contribution in [0.15, 0.2) is 85.5 Å². The SMILES string of the molecule is CCCCC[C@@](C)(N)CCC(C)=O.CCCCC[C@](C)(CCC(C)=O)Nc1nc(Cl)nc2cc(Cl)cnc12.CCCCC[C@](C)(CCC(C)=O)Nc1nc(N)nc2cc(Cl)cnc12.CCCCC[C@](C)(CCC(C)=O)Nc1nc(NCc2ccc(OC)cc2OC)nc2cc(Cl)cnc12.CCN(C(C)C)C(C)C.COc1ccc(CN)c(OC)c1.Clc1cnc2c(Cl)nc(Cl)nc2c1.O=CC(F)(F)F.O=CO[O-].[H-].[K+].[K+]. The Hall–Kier alpha value is -6.65. The summed E-state index contributed by atoms with van der Waals surface area (Å²) in [6.45, 7) is 36.7. The Balaban J connectivity index is 0. The van der Waals surface area contributed by atoms with E-state index in [1.807, 2.05) is 43.3 Å². The number of nitrogens with one attached hydrogen (secondary N) is 4. The monoisotopic (exact) mass is 2210 g/mol. The van der Waals surface area contributed by atoms with Gasteiger partial charge in [0.05, 0.1) is 70.6 Å². The van der Waals surface area contributed by atoms with E-state index in [4.69, 9.17) is 137 Å². The van der Waals surface area contributed by atoms with Crippen molar-refractivity contribution >= 4 is 191 Å². The van der Waals surface area contributed by atoms with Gasteiger partial charge in [-0.2, -0.15) is 28.1 Å². The zero-order valence-corrected chi connectivity index (χ0v) is 99.7. The van der Waals surface area contributed by atoms with E-state index in [0.29, 0.717) is 151 Å². The summed E-state index contributed by atoms with van der Waals surface area (Å²) in [7, 11) is 6.49. The van der Waals surface area contributed by atoms with E-state index in [-0.39, 0.29) is 178 Å². The number of pyridine rings is 4. The third-order valence-electron chi connectivity index (χ3n) is 22.2. The molecule has 0 bridgehead atoms. The summed E-state index contributed by atoms with van der Waals surface area (Å²) in [6, 6.07) is 19.5. The topological polar surface area (TPSA) is 456 Å². The van der Waals surface area contributed by atoms with Gasteiger partial charge >= 0.3 is 109 Å². The van der Waals surface area contributed by atoms with Crippen LogP contribution in [0.2, 0.25) is 35.8 Å². The summed E-state index contributed by atoms with van der Waals surface area (Å²) in [4.78, 5) is 119. The van der Waals surface area contributed by atoms with E-state index in [9.17, 15) is 32.3 Å². The first-order chi connectivity index (χ1) is 67.4. The molecule has 10 rings (SSSR count). The zero-order chi connectivity index (χ0) is 108. The molecule has 0 aliphatic carbocycles. The predicted molar refractivity (Wildman–Crippen MR) is 571 cm³/mol. The van der Waals surface area contributed by atoms with Crippen molar-refractivity contribution in [2.75, 3.05) is 62.0 Å². The third kappa shape index (κ3) is 56.3. The Bertz CT molecular complexity index is 5430. The molecule has 0 saturated carbocycles. The molecule has 0 aliphatic rings. The molecule has 4 atom stereocenters. The number of Topliss-reactive ketones (excluding diaryl/α,β-unsaturated/α-hetero) is 4. The molecule has 0 spiro atoms. The molecule has 8 aromatic heterocycles. The van der Waals surface area contributed by atoms with Gasteiger partial charge in [0.15, 0.2) is 22.6 Å². The van der Waals surface area contributed by atoms with Crippen LogP contribution in [0.5, 0.6) is 23.0 Å². The first-order valence-corrected chi connectivity index (χ1v) is 50.1. The molecule has 32 nitrogen and oxygen atoms in total. The first-order valence-electron chi connectivity index (χ1n) is 47.5. The number of halogens is 10. The summed E-state index contributed by atoms with van der Waals surface area (Å²) in [5.41, 5.74) is 23.1. The molecule has 0 aliphatic heterocycles. The fourth-order valence-electron chi connectivity index (χ4n) is 14.4. The van der Waals surface area contributed by atoms with Crippen LogP contribution >= 0.6 is 81.2 Å². The molecule has 0 radical (unpaired) electrons. The number of nitrogen functional groups attached to an aromatic ring is 1. The summed E-state index contributed by atoms with van der Waals surface area (Å²) in [5.74, 6) is 6.14. The number of methoxy groups -OCH3 is 4. The third-order valence-corrected chi connectivity index (χ3v) is 23.6. The second kappa shape index (κ2) is 73.5. The van der Waals surface area contributed by atoms with Gasteiger partial charge in [-0.05, 0) is 207 Å². The van der Waals surface area contributed by atoms with Gasteiger partial charge in [0.1, 0.15) is 68.2 Å². The van der Waals surface area contributed by atoms with Crippen LogP contribution < -0.4 is 165 Å². The second-order valence-corrected chi connectivity index (χ2v) is 38.4. The van der Waals surface area contributed by atoms with Crippen LogP contribution in [0, 0.1) is 0 Å². The van der Waals surface area contributed by atoms with E-state index in [1.165, 1.54) is 25.5 Å². The standard InChI is InChI=1S/C27H36ClN5O3.C18H24Cl2N4O.C18H26ClN5O.C11H23NO.C9H13NO2.C8H19N.C7H2Cl3N3.C2HF3O.CH2O3.2K.H/c1-6-7-8-12-27(3,13-11-18(2)34)33-25-24-22(14-20(28)17-29-24)31-26(32-25)30-16-19-9-10-21(35-4)15-23(19)36-5;2*1-4-5-6-8-18(3,9-7-12(2)25)24-16-15-14(22-17(20)23-16)10-13(19)11-21-15;1-4-5-6-8-11(3,12)9-7-10(2)13;1-11-8-4-3-7(6-10)9(5-8)12-2;1-6-9(7(2)3)8(4)5;8-3-1-4-5(11-2-3)6(9)13-7(10)12-4;3-2(4,5)1-6;2-1-4-3;;;/h9-10,14-15,17H,6-8,11-13,16H2,1-5H3,(H2,30,31,32,33);10-11H,4-9H2,1-3H3,(H,22,23,24);10-11H,4-9H2,1-3H3,(H3,20,22,23,24);4-9,12H2,1-3H3;3-5H,6,10H2,1-2H3;7-8H,6H2,1-5H3;1-2H;1H;1,3H;;;/q;;;;;;;;;2*+1;-1/p-1/t27-;2*18-;11-;;;;;;;;/m1111......../s1. The number of carbonyl (C=O) groups excluding carboxylic acids is 6. The fourth-order valence-corrected chi connectivity index (χ4v) is 15.6. The van der Waals surface area contributed by atoms with Crippen molar-refractivity contribution in [3.8, 4) is 23.0 Å². The maximum atomic E-state index is 11.8. The molecule has 44 heteroatoms. The van der Waals surface area contributed by atoms with Crippen molar-refractivity contribution in [3.05, 3.63) is 132 Å². The molecule has 2 aromatic carbocycles. The predicted octanol–water partition coefficient (Wildman–Crippen LogP) is 18.5. The average molecular weight is 2220 g/mol. The van der Waals surface area contributed by atoms with Gasteiger partial charge in [0.2, 0.25) is 28.8 Å². The van der Waals surface area contributed by atoms with E-state index in [2.05, 4.69) is 169 Å². The summed E-state index contributed by atoms with van der Waals surface area (Å²) in [6.07, 6.45) is 23.2. The van der Waals surface area contributed by atoms with Crippen LogP contribution in [0.3, 0.4) is 0 Å². The van der Waals surface area contributed by atoms with Crippen LogP contribution in [0.4, 0.5) is 42.5 Å². The van der Waals surface area contributed by atoms with Crippen LogP contribution in [0.25, 0.3) is 44.1 Å². The minimum Gasteiger partial charge on any atom is -1.00 e. The molecule has 0 fully saturated rings. The molecule has 8 heterocycles. The summed E-state index contributed by atoms with van der Waals surface area (Å²) < 4.78 is 52.2. The summed E-state index contributed by atoms with van der Waals surface area (Å²) >= 11 is 41.4. The maximum Gasteiger partial charge on any atom is 1.00 e. The van der Waals surface area contributed by atoms with Crippen molar-refractivity contribution < 1.29 is 175 Å².